The van der Waals surface area contributed by atoms with Crippen molar-refractivity contribution in [3.63, 3.8) is 0 Å². The molecule has 128 valence electrons. The van der Waals surface area contributed by atoms with E-state index < -0.39 is 0 Å². The highest BCUT2D eigenvalue weighted by molar-refractivity contribution is 5.78. The van der Waals surface area contributed by atoms with E-state index in [2.05, 4.69) is 30.3 Å². The molecule has 0 aromatic heterocycles. The second-order valence-corrected chi connectivity index (χ2v) is 6.45. The normalized spacial score (nSPS) is 18.6. The number of likely N-dealkylation sites (tertiary alicyclic amines) is 1. The number of nitrogens with zero attached hydrogens (tertiary/aromatic N) is 1. The van der Waals surface area contributed by atoms with Crippen molar-refractivity contribution in [1.82, 2.24) is 10.2 Å². The van der Waals surface area contributed by atoms with Gasteiger partial charge in [-0.25, -0.2) is 0 Å². The molecule has 1 saturated heterocycles. The van der Waals surface area contributed by atoms with Gasteiger partial charge in [-0.15, -0.1) is 0 Å². The van der Waals surface area contributed by atoms with E-state index in [9.17, 15) is 4.79 Å². The van der Waals surface area contributed by atoms with Gasteiger partial charge in [-0.2, -0.15) is 0 Å². The van der Waals surface area contributed by atoms with Crippen molar-refractivity contribution in [3.8, 4) is 5.75 Å². The average Bonchev–Trinajstić information content (AvgIpc) is 2.57. The van der Waals surface area contributed by atoms with E-state index in [0.717, 1.165) is 64.1 Å². The van der Waals surface area contributed by atoms with Gasteiger partial charge in [0.05, 0.1) is 12.5 Å². The summed E-state index contributed by atoms with van der Waals surface area (Å²) in [6, 6.07) is 8.20. The monoisotopic (exact) mass is 318 g/mol. The fourth-order valence-electron chi connectivity index (χ4n) is 3.08. The molecule has 1 aliphatic heterocycles. The van der Waals surface area contributed by atoms with Crippen molar-refractivity contribution in [2.75, 3.05) is 33.3 Å². The summed E-state index contributed by atoms with van der Waals surface area (Å²) in [7, 11) is 2.09. The molecule has 0 aliphatic carbocycles. The fraction of sp³-hybridized carbons (Fsp3) is 0.632. The first-order chi connectivity index (χ1) is 11.2. The van der Waals surface area contributed by atoms with Gasteiger partial charge in [0.15, 0.2) is 0 Å². The van der Waals surface area contributed by atoms with Gasteiger partial charge in [0.1, 0.15) is 5.75 Å². The third kappa shape index (κ3) is 5.87. The number of aryl methyl sites for hydroxylation is 1. The molecule has 0 spiro atoms. The zero-order valence-corrected chi connectivity index (χ0v) is 14.5. The van der Waals surface area contributed by atoms with E-state index in [-0.39, 0.29) is 11.8 Å². The number of nitrogens with one attached hydrogen (secondary N) is 1. The van der Waals surface area contributed by atoms with Crippen molar-refractivity contribution < 1.29 is 9.53 Å². The lowest BCUT2D eigenvalue weighted by atomic mass is 9.97. The molecule has 1 aliphatic rings. The van der Waals surface area contributed by atoms with Gasteiger partial charge in [-0.05, 0) is 57.3 Å². The van der Waals surface area contributed by atoms with Crippen molar-refractivity contribution in [3.05, 3.63) is 29.8 Å². The second kappa shape index (κ2) is 9.56. The van der Waals surface area contributed by atoms with Crippen LogP contribution in [0.4, 0.5) is 0 Å². The van der Waals surface area contributed by atoms with Crippen LogP contribution in [0.2, 0.25) is 0 Å². The first-order valence-corrected chi connectivity index (χ1v) is 8.87. The number of benzene rings is 1. The minimum Gasteiger partial charge on any atom is -0.493 e. The Morgan fingerprint density at radius 1 is 1.39 bits per heavy atom. The van der Waals surface area contributed by atoms with Gasteiger partial charge < -0.3 is 15.0 Å². The van der Waals surface area contributed by atoms with E-state index in [0.29, 0.717) is 0 Å². The van der Waals surface area contributed by atoms with Crippen molar-refractivity contribution in [2.45, 2.75) is 39.0 Å². The SMILES string of the molecule is CCCOc1ccccc1CCCNC(=O)[C@H]1CCCN(C)C1. The molecule has 0 radical (unpaired) electrons. The summed E-state index contributed by atoms with van der Waals surface area (Å²) in [5.74, 6) is 1.36. The molecule has 1 atom stereocenters. The molecule has 0 unspecified atom stereocenters. The maximum absolute atomic E-state index is 12.2. The zero-order valence-electron chi connectivity index (χ0n) is 14.5. The number of hydrogen-bond donors (Lipinski definition) is 1. The molecular weight excluding hydrogens is 288 g/mol. The van der Waals surface area contributed by atoms with Crippen LogP contribution in [0.3, 0.4) is 0 Å². The third-order valence-electron chi connectivity index (χ3n) is 4.35. The molecule has 1 aromatic rings. The molecular formula is C19H30N2O2. The number of amides is 1. The highest BCUT2D eigenvalue weighted by Gasteiger charge is 2.23. The Bertz CT molecular complexity index is 490. The number of ether oxygens (including phenoxy) is 1. The summed E-state index contributed by atoms with van der Waals surface area (Å²) in [4.78, 5) is 14.4. The summed E-state index contributed by atoms with van der Waals surface area (Å²) in [6.45, 7) is 5.60. The van der Waals surface area contributed by atoms with Crippen molar-refractivity contribution >= 4 is 5.91 Å². The molecule has 1 amide bonds. The van der Waals surface area contributed by atoms with Crippen molar-refractivity contribution in [2.24, 2.45) is 5.92 Å². The van der Waals surface area contributed by atoms with Gasteiger partial charge in [-0.3, -0.25) is 4.79 Å². The van der Waals surface area contributed by atoms with Gasteiger partial charge in [0.2, 0.25) is 5.91 Å². The van der Waals surface area contributed by atoms with Gasteiger partial charge in [0.25, 0.3) is 0 Å². The highest BCUT2D eigenvalue weighted by Crippen LogP contribution is 2.20. The van der Waals surface area contributed by atoms with Gasteiger partial charge in [0, 0.05) is 13.1 Å². The Kier molecular flexibility index (Phi) is 7.40. The zero-order chi connectivity index (χ0) is 16.5. The van der Waals surface area contributed by atoms with Crippen LogP contribution in [0.15, 0.2) is 24.3 Å². The number of rotatable bonds is 8. The van der Waals surface area contributed by atoms with Crippen LogP contribution in [0.5, 0.6) is 5.75 Å². The van der Waals surface area contributed by atoms with Crippen LogP contribution in [0, 0.1) is 5.92 Å². The molecule has 4 nitrogen and oxygen atoms in total. The summed E-state index contributed by atoms with van der Waals surface area (Å²) < 4.78 is 5.78. The Morgan fingerprint density at radius 2 is 2.22 bits per heavy atom. The molecule has 0 bridgehead atoms. The van der Waals surface area contributed by atoms with E-state index in [1.54, 1.807) is 0 Å². The topological polar surface area (TPSA) is 41.6 Å². The summed E-state index contributed by atoms with van der Waals surface area (Å²) >= 11 is 0. The molecule has 1 heterocycles. The standard InChI is InChI=1S/C19H30N2O2/c1-3-14-23-18-11-5-4-8-16(18)9-6-12-20-19(22)17-10-7-13-21(2)15-17/h4-5,8,11,17H,3,6-7,9-10,12-15H2,1-2H3,(H,20,22)/t17-/m0/s1. The highest BCUT2D eigenvalue weighted by atomic mass is 16.5. The Balaban J connectivity index is 1.72. The Morgan fingerprint density at radius 3 is 3.00 bits per heavy atom. The number of carbonyl (C=O) groups excluding carboxylic acids is 1. The van der Waals surface area contributed by atoms with E-state index in [1.165, 1.54) is 5.56 Å². The molecule has 1 N–H and O–H groups in total. The van der Waals surface area contributed by atoms with Gasteiger partial charge >= 0.3 is 0 Å². The fourth-order valence-corrected chi connectivity index (χ4v) is 3.08. The molecule has 1 aromatic carbocycles. The largest absolute Gasteiger partial charge is 0.493 e. The molecule has 4 heteroatoms. The Hall–Kier alpha value is -1.55. The number of hydrogen-bond acceptors (Lipinski definition) is 3. The van der Waals surface area contributed by atoms with Crippen LogP contribution >= 0.6 is 0 Å². The van der Waals surface area contributed by atoms with Crippen LogP contribution in [0.25, 0.3) is 0 Å². The smallest absolute Gasteiger partial charge is 0.224 e. The second-order valence-electron chi connectivity index (χ2n) is 6.45. The number of carbonyl (C=O) groups is 1. The minimum atomic E-state index is 0.161. The quantitative estimate of drug-likeness (QED) is 0.749. The Labute approximate surface area is 140 Å². The molecule has 0 saturated carbocycles. The minimum absolute atomic E-state index is 0.161. The lowest BCUT2D eigenvalue weighted by molar-refractivity contribution is -0.126. The number of para-hydroxylation sites is 1. The summed E-state index contributed by atoms with van der Waals surface area (Å²) in [6.07, 6.45) is 5.03. The first-order valence-electron chi connectivity index (χ1n) is 8.87. The van der Waals surface area contributed by atoms with Crippen LogP contribution in [-0.2, 0) is 11.2 Å². The van der Waals surface area contributed by atoms with E-state index >= 15 is 0 Å². The van der Waals surface area contributed by atoms with E-state index in [4.69, 9.17) is 4.74 Å². The predicted octanol–water partition coefficient (Wildman–Crippen LogP) is 2.87. The van der Waals surface area contributed by atoms with Crippen LogP contribution in [-0.4, -0.2) is 44.1 Å². The van der Waals surface area contributed by atoms with Crippen LogP contribution < -0.4 is 10.1 Å². The van der Waals surface area contributed by atoms with E-state index in [1.807, 2.05) is 18.2 Å². The summed E-state index contributed by atoms with van der Waals surface area (Å²) in [5, 5.41) is 3.10. The van der Waals surface area contributed by atoms with Crippen molar-refractivity contribution in [1.29, 1.82) is 0 Å². The molecule has 2 rings (SSSR count). The molecule has 23 heavy (non-hydrogen) atoms. The first kappa shape index (κ1) is 17.8. The summed E-state index contributed by atoms with van der Waals surface area (Å²) in [5.41, 5.74) is 1.23. The lowest BCUT2D eigenvalue weighted by Gasteiger charge is -2.28. The third-order valence-corrected chi connectivity index (χ3v) is 4.35. The van der Waals surface area contributed by atoms with Crippen LogP contribution in [0.1, 0.15) is 38.2 Å². The maximum atomic E-state index is 12.2. The number of piperidine rings is 1. The lowest BCUT2D eigenvalue weighted by Crippen LogP contribution is -2.41. The molecule has 1 fully saturated rings. The maximum Gasteiger partial charge on any atom is 0.224 e. The average molecular weight is 318 g/mol. The predicted molar refractivity (Wildman–Crippen MR) is 93.8 cm³/mol. The van der Waals surface area contributed by atoms with Gasteiger partial charge in [-0.1, -0.05) is 25.1 Å².